The number of hydrogen-bond acceptors (Lipinski definition) is 4. The summed E-state index contributed by atoms with van der Waals surface area (Å²) in [6, 6.07) is 10.2. The van der Waals surface area contributed by atoms with Gasteiger partial charge in [0.25, 0.3) is 5.91 Å². The molecular weight excluding hydrogens is 270 g/mol. The van der Waals surface area contributed by atoms with E-state index < -0.39 is 0 Å². The third kappa shape index (κ3) is 3.88. The van der Waals surface area contributed by atoms with Gasteiger partial charge in [-0.05, 0) is 12.6 Å². The number of hydrogen-bond donors (Lipinski definition) is 1. The second-order valence-electron chi connectivity index (χ2n) is 4.61. The standard InChI is InChI=1S/C15H19N3OS/c1-16-8-9-18(2)15(19)13-11-17-14(20-13)10-12-6-4-3-5-7-12/h3-7,11,16H,8-10H2,1-2H3. The van der Waals surface area contributed by atoms with Gasteiger partial charge in [-0.25, -0.2) is 4.98 Å². The van der Waals surface area contributed by atoms with E-state index in [1.807, 2.05) is 32.3 Å². The molecular formula is C15H19N3OS. The summed E-state index contributed by atoms with van der Waals surface area (Å²) in [5.74, 6) is 0.0389. The Morgan fingerprint density at radius 2 is 2.10 bits per heavy atom. The number of aromatic nitrogens is 1. The molecule has 4 nitrogen and oxygen atoms in total. The number of benzene rings is 1. The number of likely N-dealkylation sites (N-methyl/N-ethyl adjacent to an activating group) is 2. The van der Waals surface area contributed by atoms with Crippen LogP contribution in [0.15, 0.2) is 36.5 Å². The second kappa shape index (κ2) is 7.17. The Bertz CT molecular complexity index is 553. The van der Waals surface area contributed by atoms with Crippen LogP contribution in [0.4, 0.5) is 0 Å². The topological polar surface area (TPSA) is 45.2 Å². The molecule has 1 aromatic heterocycles. The van der Waals surface area contributed by atoms with Crippen molar-refractivity contribution in [3.05, 3.63) is 52.0 Å². The molecule has 0 bridgehead atoms. The van der Waals surface area contributed by atoms with Crippen LogP contribution in [0.3, 0.4) is 0 Å². The number of carbonyl (C=O) groups excluding carboxylic acids is 1. The average molecular weight is 289 g/mol. The number of carbonyl (C=O) groups is 1. The number of rotatable bonds is 6. The predicted octanol–water partition coefficient (Wildman–Crippen LogP) is 2.03. The monoisotopic (exact) mass is 289 g/mol. The molecule has 5 heteroatoms. The van der Waals surface area contributed by atoms with Crippen LogP contribution < -0.4 is 5.32 Å². The third-order valence-corrected chi connectivity index (χ3v) is 3.99. The van der Waals surface area contributed by atoms with E-state index >= 15 is 0 Å². The van der Waals surface area contributed by atoms with Gasteiger partial charge in [0.1, 0.15) is 4.88 Å². The Kier molecular flexibility index (Phi) is 5.26. The smallest absolute Gasteiger partial charge is 0.265 e. The van der Waals surface area contributed by atoms with Crippen LogP contribution in [0.2, 0.25) is 0 Å². The van der Waals surface area contributed by atoms with E-state index in [9.17, 15) is 4.79 Å². The lowest BCUT2D eigenvalue weighted by molar-refractivity contribution is 0.0801. The largest absolute Gasteiger partial charge is 0.340 e. The van der Waals surface area contributed by atoms with Crippen LogP contribution in [0.25, 0.3) is 0 Å². The number of thiazole rings is 1. The van der Waals surface area contributed by atoms with Gasteiger partial charge in [0.05, 0.1) is 11.2 Å². The van der Waals surface area contributed by atoms with Gasteiger partial charge in [-0.1, -0.05) is 30.3 Å². The van der Waals surface area contributed by atoms with Crippen LogP contribution in [-0.4, -0.2) is 43.0 Å². The quantitative estimate of drug-likeness (QED) is 0.885. The summed E-state index contributed by atoms with van der Waals surface area (Å²) in [4.78, 5) is 19.0. The van der Waals surface area contributed by atoms with Gasteiger partial charge in [-0.3, -0.25) is 4.79 Å². The fraction of sp³-hybridized carbons (Fsp3) is 0.333. The predicted molar refractivity (Wildman–Crippen MR) is 82.2 cm³/mol. The maximum atomic E-state index is 12.2. The molecule has 1 amide bonds. The van der Waals surface area contributed by atoms with Crippen molar-refractivity contribution in [1.29, 1.82) is 0 Å². The molecule has 0 saturated heterocycles. The number of nitrogens with one attached hydrogen (secondary N) is 1. The molecule has 2 aromatic rings. The van der Waals surface area contributed by atoms with Gasteiger partial charge in [0, 0.05) is 26.6 Å². The van der Waals surface area contributed by atoms with E-state index in [-0.39, 0.29) is 5.91 Å². The van der Waals surface area contributed by atoms with Gasteiger partial charge in [0.15, 0.2) is 0 Å². The third-order valence-electron chi connectivity index (χ3n) is 3.01. The highest BCUT2D eigenvalue weighted by Gasteiger charge is 2.14. The van der Waals surface area contributed by atoms with E-state index in [1.165, 1.54) is 16.9 Å². The lowest BCUT2D eigenvalue weighted by atomic mass is 10.2. The minimum absolute atomic E-state index is 0.0389. The lowest BCUT2D eigenvalue weighted by Crippen LogP contribution is -2.32. The molecule has 0 aliphatic carbocycles. The minimum Gasteiger partial charge on any atom is -0.340 e. The van der Waals surface area contributed by atoms with E-state index in [4.69, 9.17) is 0 Å². The molecule has 0 fully saturated rings. The van der Waals surface area contributed by atoms with Crippen molar-refractivity contribution in [1.82, 2.24) is 15.2 Å². The van der Waals surface area contributed by atoms with Gasteiger partial charge >= 0.3 is 0 Å². The molecule has 0 aliphatic heterocycles. The molecule has 2 rings (SSSR count). The first-order valence-corrected chi connectivity index (χ1v) is 7.41. The van der Waals surface area contributed by atoms with Crippen LogP contribution >= 0.6 is 11.3 Å². The summed E-state index contributed by atoms with van der Waals surface area (Å²) in [5.41, 5.74) is 1.21. The van der Waals surface area contributed by atoms with Crippen molar-refractivity contribution in [2.75, 3.05) is 27.2 Å². The van der Waals surface area contributed by atoms with Crippen LogP contribution in [0, 0.1) is 0 Å². The Balaban J connectivity index is 2.00. The van der Waals surface area contributed by atoms with Crippen LogP contribution in [-0.2, 0) is 6.42 Å². The van der Waals surface area contributed by atoms with Crippen molar-refractivity contribution < 1.29 is 4.79 Å². The van der Waals surface area contributed by atoms with E-state index in [0.29, 0.717) is 11.4 Å². The van der Waals surface area contributed by atoms with E-state index in [2.05, 4.69) is 22.4 Å². The first kappa shape index (κ1) is 14.7. The fourth-order valence-electron chi connectivity index (χ4n) is 1.83. The SMILES string of the molecule is CNCCN(C)C(=O)c1cnc(Cc2ccccc2)s1. The molecule has 0 radical (unpaired) electrons. The highest BCUT2D eigenvalue weighted by atomic mass is 32.1. The summed E-state index contributed by atoms with van der Waals surface area (Å²) in [5, 5.41) is 4.01. The summed E-state index contributed by atoms with van der Waals surface area (Å²) < 4.78 is 0. The molecule has 1 heterocycles. The Morgan fingerprint density at radius 3 is 2.80 bits per heavy atom. The average Bonchev–Trinajstić information content (AvgIpc) is 2.93. The first-order valence-electron chi connectivity index (χ1n) is 6.59. The van der Waals surface area contributed by atoms with E-state index in [0.717, 1.165) is 18.0 Å². The van der Waals surface area contributed by atoms with Gasteiger partial charge in [-0.2, -0.15) is 0 Å². The normalized spacial score (nSPS) is 10.5. The lowest BCUT2D eigenvalue weighted by Gasteiger charge is -2.15. The van der Waals surface area contributed by atoms with Gasteiger partial charge < -0.3 is 10.2 Å². The highest BCUT2D eigenvalue weighted by molar-refractivity contribution is 7.13. The molecule has 0 spiro atoms. The highest BCUT2D eigenvalue weighted by Crippen LogP contribution is 2.18. The van der Waals surface area contributed by atoms with Gasteiger partial charge in [0.2, 0.25) is 0 Å². The summed E-state index contributed by atoms with van der Waals surface area (Å²) in [6.45, 7) is 1.49. The summed E-state index contributed by atoms with van der Waals surface area (Å²) in [7, 11) is 3.69. The zero-order chi connectivity index (χ0) is 14.4. The molecule has 0 saturated carbocycles. The molecule has 106 valence electrons. The van der Waals surface area contributed by atoms with Gasteiger partial charge in [-0.15, -0.1) is 11.3 Å². The second-order valence-corrected chi connectivity index (χ2v) is 5.73. The molecule has 1 N–H and O–H groups in total. The van der Waals surface area contributed by atoms with Crippen LogP contribution in [0.1, 0.15) is 20.2 Å². The van der Waals surface area contributed by atoms with E-state index in [1.54, 1.807) is 11.1 Å². The summed E-state index contributed by atoms with van der Waals surface area (Å²) >= 11 is 1.47. The Morgan fingerprint density at radius 1 is 1.35 bits per heavy atom. The molecule has 20 heavy (non-hydrogen) atoms. The van der Waals surface area contributed by atoms with Crippen molar-refractivity contribution in [3.63, 3.8) is 0 Å². The molecule has 0 aliphatic rings. The zero-order valence-corrected chi connectivity index (χ0v) is 12.6. The molecule has 1 aromatic carbocycles. The molecule has 0 atom stereocenters. The number of nitrogens with zero attached hydrogens (tertiary/aromatic N) is 2. The first-order chi connectivity index (χ1) is 9.70. The van der Waals surface area contributed by atoms with Crippen LogP contribution in [0.5, 0.6) is 0 Å². The molecule has 0 unspecified atom stereocenters. The van der Waals surface area contributed by atoms with Crippen molar-refractivity contribution in [3.8, 4) is 0 Å². The van der Waals surface area contributed by atoms with Crippen molar-refractivity contribution in [2.24, 2.45) is 0 Å². The fourth-order valence-corrected chi connectivity index (χ4v) is 2.78. The van der Waals surface area contributed by atoms with Crippen molar-refractivity contribution in [2.45, 2.75) is 6.42 Å². The maximum Gasteiger partial charge on any atom is 0.265 e. The zero-order valence-electron chi connectivity index (χ0n) is 11.8. The maximum absolute atomic E-state index is 12.2. The Hall–Kier alpha value is -1.72. The Labute approximate surface area is 123 Å². The number of amides is 1. The minimum atomic E-state index is 0.0389. The van der Waals surface area contributed by atoms with Crippen molar-refractivity contribution >= 4 is 17.2 Å². The summed E-state index contributed by atoms with van der Waals surface area (Å²) in [6.07, 6.45) is 2.46.